The lowest BCUT2D eigenvalue weighted by Gasteiger charge is -2.46. The zero-order valence-corrected chi connectivity index (χ0v) is 11.7. The van der Waals surface area contributed by atoms with E-state index in [9.17, 15) is 5.11 Å². The molecule has 1 aromatic rings. The molecule has 0 aromatic carbocycles. The van der Waals surface area contributed by atoms with Crippen LogP contribution in [0.2, 0.25) is 0 Å². The fourth-order valence-electron chi connectivity index (χ4n) is 2.52. The van der Waals surface area contributed by atoms with Crippen LogP contribution in [0.25, 0.3) is 0 Å². The zero-order chi connectivity index (χ0) is 13.3. The summed E-state index contributed by atoms with van der Waals surface area (Å²) in [5.74, 6) is 1.99. The predicted octanol–water partition coefficient (Wildman–Crippen LogP) is 3.12. The minimum absolute atomic E-state index is 0.126. The Kier molecular flexibility index (Phi) is 3.62. The minimum Gasteiger partial charge on any atom is -0.489 e. The number of aliphatic hydroxyl groups is 1. The molecule has 0 unspecified atom stereocenters. The Hall–Kier alpha value is -1.09. The summed E-state index contributed by atoms with van der Waals surface area (Å²) in [4.78, 5) is 4.17. The van der Waals surface area contributed by atoms with Gasteiger partial charge in [-0.15, -0.1) is 0 Å². The molecule has 1 fully saturated rings. The van der Waals surface area contributed by atoms with Gasteiger partial charge >= 0.3 is 0 Å². The highest BCUT2D eigenvalue weighted by Gasteiger charge is 2.45. The third kappa shape index (κ3) is 2.66. The van der Waals surface area contributed by atoms with Gasteiger partial charge in [0.2, 0.25) is 0 Å². The first-order valence-corrected chi connectivity index (χ1v) is 6.75. The molecule has 3 heteroatoms. The second-order valence-electron chi connectivity index (χ2n) is 6.02. The second kappa shape index (κ2) is 4.88. The molecule has 0 saturated heterocycles. The summed E-state index contributed by atoms with van der Waals surface area (Å²) in [6.45, 7) is 8.39. The minimum atomic E-state index is -0.696. The Morgan fingerprint density at radius 2 is 1.94 bits per heavy atom. The number of hydrogen-bond acceptors (Lipinski definition) is 3. The van der Waals surface area contributed by atoms with E-state index in [4.69, 9.17) is 4.74 Å². The molecule has 3 nitrogen and oxygen atoms in total. The van der Waals surface area contributed by atoms with Crippen molar-refractivity contribution < 1.29 is 9.84 Å². The van der Waals surface area contributed by atoms with Gasteiger partial charge in [-0.1, -0.05) is 13.8 Å². The van der Waals surface area contributed by atoms with Gasteiger partial charge in [0.15, 0.2) is 0 Å². The second-order valence-corrected chi connectivity index (χ2v) is 6.02. The van der Waals surface area contributed by atoms with Crippen LogP contribution in [0, 0.1) is 11.8 Å². The maximum Gasteiger partial charge on any atom is 0.138 e. The van der Waals surface area contributed by atoms with Crippen molar-refractivity contribution in [2.24, 2.45) is 11.8 Å². The Morgan fingerprint density at radius 1 is 1.28 bits per heavy atom. The Labute approximate surface area is 109 Å². The molecule has 1 N–H and O–H groups in total. The topological polar surface area (TPSA) is 42.4 Å². The standard InChI is InChI=1S/C15H23NO2/c1-10(2)12-6-15(17,7-12)13-5-14(9-16-8-13)18-11(3)4/h5,8-12,17H,6-7H2,1-4H3. The number of hydrogen-bond donors (Lipinski definition) is 1. The molecule has 1 heterocycles. The van der Waals surface area contributed by atoms with E-state index >= 15 is 0 Å². The average molecular weight is 249 g/mol. The van der Waals surface area contributed by atoms with Gasteiger partial charge in [-0.3, -0.25) is 4.98 Å². The van der Waals surface area contributed by atoms with Crippen molar-refractivity contribution in [1.29, 1.82) is 0 Å². The molecule has 100 valence electrons. The van der Waals surface area contributed by atoms with Crippen molar-refractivity contribution in [2.45, 2.75) is 52.2 Å². The lowest BCUT2D eigenvalue weighted by atomic mass is 9.64. The van der Waals surface area contributed by atoms with Crippen LogP contribution < -0.4 is 4.74 Å². The van der Waals surface area contributed by atoms with E-state index in [1.54, 1.807) is 12.4 Å². The number of ether oxygens (including phenoxy) is 1. The molecule has 18 heavy (non-hydrogen) atoms. The molecule has 1 aliphatic carbocycles. The molecule has 1 saturated carbocycles. The van der Waals surface area contributed by atoms with Gasteiger partial charge in [-0.25, -0.2) is 0 Å². The monoisotopic (exact) mass is 249 g/mol. The first-order valence-electron chi connectivity index (χ1n) is 6.75. The van der Waals surface area contributed by atoms with Crippen LogP contribution >= 0.6 is 0 Å². The largest absolute Gasteiger partial charge is 0.489 e. The third-order valence-corrected chi connectivity index (χ3v) is 3.76. The van der Waals surface area contributed by atoms with Crippen molar-refractivity contribution in [1.82, 2.24) is 4.98 Å². The third-order valence-electron chi connectivity index (χ3n) is 3.76. The first kappa shape index (κ1) is 13.3. The van der Waals surface area contributed by atoms with E-state index in [2.05, 4.69) is 18.8 Å². The van der Waals surface area contributed by atoms with Crippen molar-refractivity contribution >= 4 is 0 Å². The van der Waals surface area contributed by atoms with E-state index in [-0.39, 0.29) is 6.10 Å². The molecule has 1 aliphatic rings. The first-order chi connectivity index (χ1) is 8.40. The van der Waals surface area contributed by atoms with Gasteiger partial charge in [-0.05, 0) is 44.6 Å². The van der Waals surface area contributed by atoms with Crippen LogP contribution in [0.3, 0.4) is 0 Å². The number of aromatic nitrogens is 1. The fourth-order valence-corrected chi connectivity index (χ4v) is 2.52. The molecule has 0 radical (unpaired) electrons. The normalized spacial score (nSPS) is 27.4. The zero-order valence-electron chi connectivity index (χ0n) is 11.7. The summed E-state index contributed by atoms with van der Waals surface area (Å²) in [5.41, 5.74) is 0.190. The van der Waals surface area contributed by atoms with Gasteiger partial charge in [-0.2, -0.15) is 0 Å². The van der Waals surface area contributed by atoms with Gasteiger partial charge in [0.1, 0.15) is 5.75 Å². The smallest absolute Gasteiger partial charge is 0.138 e. The molecule has 0 aliphatic heterocycles. The van der Waals surface area contributed by atoms with E-state index in [1.807, 2.05) is 19.9 Å². The van der Waals surface area contributed by atoms with Crippen LogP contribution in [0.4, 0.5) is 0 Å². The van der Waals surface area contributed by atoms with Crippen molar-refractivity contribution in [3.8, 4) is 5.75 Å². The van der Waals surface area contributed by atoms with Crippen molar-refractivity contribution in [2.75, 3.05) is 0 Å². The summed E-state index contributed by atoms with van der Waals surface area (Å²) in [6, 6.07) is 1.92. The van der Waals surface area contributed by atoms with Crippen molar-refractivity contribution in [3.63, 3.8) is 0 Å². The summed E-state index contributed by atoms with van der Waals surface area (Å²) >= 11 is 0. The Morgan fingerprint density at radius 3 is 2.50 bits per heavy atom. The van der Waals surface area contributed by atoms with Gasteiger partial charge in [0, 0.05) is 11.8 Å². The maximum absolute atomic E-state index is 10.6. The van der Waals surface area contributed by atoms with E-state index < -0.39 is 5.60 Å². The van der Waals surface area contributed by atoms with E-state index in [0.29, 0.717) is 11.8 Å². The van der Waals surface area contributed by atoms with Crippen molar-refractivity contribution in [3.05, 3.63) is 24.0 Å². The molecular formula is C15H23NO2. The SMILES string of the molecule is CC(C)Oc1cncc(C2(O)CC(C(C)C)C2)c1. The highest BCUT2D eigenvalue weighted by Crippen LogP contribution is 2.48. The fraction of sp³-hybridized carbons (Fsp3) is 0.667. The quantitative estimate of drug-likeness (QED) is 0.891. The highest BCUT2D eigenvalue weighted by molar-refractivity contribution is 5.30. The molecule has 0 amide bonds. The van der Waals surface area contributed by atoms with Crippen LogP contribution in [-0.4, -0.2) is 16.2 Å². The lowest BCUT2D eigenvalue weighted by molar-refractivity contribution is -0.0937. The Bertz CT molecular complexity index is 409. The maximum atomic E-state index is 10.6. The van der Waals surface area contributed by atoms with Crippen LogP contribution in [-0.2, 0) is 5.60 Å². The number of pyridine rings is 1. The predicted molar refractivity (Wildman–Crippen MR) is 71.5 cm³/mol. The van der Waals surface area contributed by atoms with E-state index in [0.717, 1.165) is 24.2 Å². The molecular weight excluding hydrogens is 226 g/mol. The molecule has 0 spiro atoms. The van der Waals surface area contributed by atoms with Gasteiger partial charge < -0.3 is 9.84 Å². The summed E-state index contributed by atoms with van der Waals surface area (Å²) in [7, 11) is 0. The molecule has 0 atom stereocenters. The van der Waals surface area contributed by atoms with Gasteiger partial charge in [0.25, 0.3) is 0 Å². The van der Waals surface area contributed by atoms with Crippen LogP contribution in [0.5, 0.6) is 5.75 Å². The lowest BCUT2D eigenvalue weighted by Crippen LogP contribution is -2.43. The highest BCUT2D eigenvalue weighted by atomic mass is 16.5. The molecule has 2 rings (SSSR count). The average Bonchev–Trinajstić information content (AvgIpc) is 2.24. The number of nitrogens with zero attached hydrogens (tertiary/aromatic N) is 1. The molecule has 0 bridgehead atoms. The summed E-state index contributed by atoms with van der Waals surface area (Å²) < 4.78 is 5.62. The summed E-state index contributed by atoms with van der Waals surface area (Å²) in [5, 5.41) is 10.6. The Balaban J connectivity index is 2.10. The summed E-state index contributed by atoms with van der Waals surface area (Å²) in [6.07, 6.45) is 5.24. The molecule has 1 aromatic heterocycles. The van der Waals surface area contributed by atoms with Crippen LogP contribution in [0.15, 0.2) is 18.5 Å². The van der Waals surface area contributed by atoms with Crippen LogP contribution in [0.1, 0.15) is 46.1 Å². The van der Waals surface area contributed by atoms with Gasteiger partial charge in [0.05, 0.1) is 17.9 Å². The van der Waals surface area contributed by atoms with E-state index in [1.165, 1.54) is 0 Å². The number of rotatable bonds is 4.